The zero-order valence-electron chi connectivity index (χ0n) is 8.62. The molecule has 6 heteroatoms. The molecule has 0 bridgehead atoms. The summed E-state index contributed by atoms with van der Waals surface area (Å²) in [7, 11) is 0. The Morgan fingerprint density at radius 2 is 2.12 bits per heavy atom. The van der Waals surface area contributed by atoms with Gasteiger partial charge in [-0.25, -0.2) is 10.2 Å². The molecule has 1 aromatic rings. The minimum absolute atomic E-state index is 0.255. The van der Waals surface area contributed by atoms with Crippen molar-refractivity contribution in [2.45, 2.75) is 6.92 Å². The van der Waals surface area contributed by atoms with E-state index in [1.165, 1.54) is 0 Å². The maximum absolute atomic E-state index is 11.5. The van der Waals surface area contributed by atoms with Gasteiger partial charge in [0.1, 0.15) is 0 Å². The molecule has 1 rings (SSSR count). The lowest BCUT2D eigenvalue weighted by Gasteiger charge is -2.07. The first-order valence-corrected chi connectivity index (χ1v) is 5.70. The molecule has 2 amide bonds. The molecule has 16 heavy (non-hydrogen) atoms. The summed E-state index contributed by atoms with van der Waals surface area (Å²) in [6, 6.07) is 7.00. The van der Waals surface area contributed by atoms with Crippen molar-refractivity contribution < 1.29 is 14.3 Å². The SMILES string of the molecule is CCOC(=O)NNC(=O)c1cccc(I)c1. The molecule has 0 atom stereocenters. The van der Waals surface area contributed by atoms with Crippen molar-refractivity contribution in [3.05, 3.63) is 33.4 Å². The van der Waals surface area contributed by atoms with Gasteiger partial charge in [0, 0.05) is 9.13 Å². The van der Waals surface area contributed by atoms with E-state index in [0.717, 1.165) is 3.57 Å². The van der Waals surface area contributed by atoms with Gasteiger partial charge in [0.15, 0.2) is 0 Å². The van der Waals surface area contributed by atoms with Crippen molar-refractivity contribution in [2.24, 2.45) is 0 Å². The Hall–Kier alpha value is -1.31. The normalized spacial score (nSPS) is 9.38. The number of hydrazine groups is 1. The molecule has 0 fully saturated rings. The molecule has 0 unspecified atom stereocenters. The number of benzene rings is 1. The van der Waals surface area contributed by atoms with E-state index in [1.807, 2.05) is 6.07 Å². The summed E-state index contributed by atoms with van der Waals surface area (Å²) in [6.07, 6.45) is -0.679. The van der Waals surface area contributed by atoms with Crippen LogP contribution in [-0.2, 0) is 4.74 Å². The number of amides is 2. The number of ether oxygens (including phenoxy) is 1. The van der Waals surface area contributed by atoms with Crippen LogP contribution in [0.3, 0.4) is 0 Å². The van der Waals surface area contributed by atoms with Crippen molar-refractivity contribution in [1.82, 2.24) is 10.9 Å². The Bertz CT molecular complexity index is 395. The number of nitrogens with one attached hydrogen (secondary N) is 2. The van der Waals surface area contributed by atoms with Gasteiger partial charge >= 0.3 is 6.09 Å². The first kappa shape index (κ1) is 12.8. The maximum atomic E-state index is 11.5. The minimum atomic E-state index is -0.679. The molecule has 1 aromatic carbocycles. The number of hydrogen-bond donors (Lipinski definition) is 2. The second kappa shape index (κ2) is 6.31. The monoisotopic (exact) mass is 334 g/mol. The second-order valence-electron chi connectivity index (χ2n) is 2.81. The van der Waals surface area contributed by atoms with Gasteiger partial charge in [-0.15, -0.1) is 0 Å². The Morgan fingerprint density at radius 1 is 1.38 bits per heavy atom. The highest BCUT2D eigenvalue weighted by molar-refractivity contribution is 14.1. The van der Waals surface area contributed by atoms with Crippen LogP contribution in [0.5, 0.6) is 0 Å². The highest BCUT2D eigenvalue weighted by Crippen LogP contribution is 2.07. The third-order valence-corrected chi connectivity index (χ3v) is 2.31. The third-order valence-electron chi connectivity index (χ3n) is 1.64. The van der Waals surface area contributed by atoms with Gasteiger partial charge in [-0.1, -0.05) is 6.07 Å². The van der Waals surface area contributed by atoms with Crippen molar-refractivity contribution in [3.8, 4) is 0 Å². The maximum Gasteiger partial charge on any atom is 0.426 e. The topological polar surface area (TPSA) is 67.4 Å². The standard InChI is InChI=1S/C10H11IN2O3/c1-2-16-10(15)13-12-9(14)7-4-3-5-8(11)6-7/h3-6H,2H2,1H3,(H,12,14)(H,13,15). The zero-order chi connectivity index (χ0) is 12.0. The first-order valence-electron chi connectivity index (χ1n) is 4.62. The second-order valence-corrected chi connectivity index (χ2v) is 4.06. The van der Waals surface area contributed by atoms with Gasteiger partial charge in [0.05, 0.1) is 6.61 Å². The fourth-order valence-electron chi connectivity index (χ4n) is 0.977. The quantitative estimate of drug-likeness (QED) is 0.639. The molecule has 0 aliphatic rings. The van der Waals surface area contributed by atoms with Gasteiger partial charge in [0.25, 0.3) is 5.91 Å². The zero-order valence-corrected chi connectivity index (χ0v) is 10.8. The van der Waals surface area contributed by atoms with Gasteiger partial charge in [-0.05, 0) is 47.7 Å². The molecule has 0 spiro atoms. The van der Waals surface area contributed by atoms with E-state index >= 15 is 0 Å². The fourth-order valence-corrected chi connectivity index (χ4v) is 1.52. The van der Waals surface area contributed by atoms with E-state index in [4.69, 9.17) is 0 Å². The molecule has 2 N–H and O–H groups in total. The molecule has 0 aliphatic heterocycles. The first-order chi connectivity index (χ1) is 7.63. The van der Waals surface area contributed by atoms with Gasteiger partial charge in [-0.3, -0.25) is 10.2 Å². The summed E-state index contributed by atoms with van der Waals surface area (Å²) >= 11 is 2.10. The van der Waals surface area contributed by atoms with E-state index < -0.39 is 6.09 Å². The van der Waals surface area contributed by atoms with Crippen LogP contribution in [0.25, 0.3) is 0 Å². The molecule has 0 aromatic heterocycles. The van der Waals surface area contributed by atoms with Crippen molar-refractivity contribution in [3.63, 3.8) is 0 Å². The van der Waals surface area contributed by atoms with Crippen LogP contribution < -0.4 is 10.9 Å². The van der Waals surface area contributed by atoms with E-state index in [2.05, 4.69) is 38.2 Å². The fraction of sp³-hybridized carbons (Fsp3) is 0.200. The smallest absolute Gasteiger partial charge is 0.426 e. The molecule has 0 radical (unpaired) electrons. The predicted molar refractivity (Wildman–Crippen MR) is 66.8 cm³/mol. The van der Waals surface area contributed by atoms with Crippen LogP contribution in [0.2, 0.25) is 0 Å². The van der Waals surface area contributed by atoms with Gasteiger partial charge in [-0.2, -0.15) is 0 Å². The van der Waals surface area contributed by atoms with E-state index in [1.54, 1.807) is 25.1 Å². The van der Waals surface area contributed by atoms with Crippen molar-refractivity contribution >= 4 is 34.6 Å². The lowest BCUT2D eigenvalue weighted by molar-refractivity contribution is 0.0912. The van der Waals surface area contributed by atoms with Crippen LogP contribution in [0, 0.1) is 3.57 Å². The van der Waals surface area contributed by atoms with E-state index in [0.29, 0.717) is 5.56 Å². The Labute approximate surface area is 107 Å². The van der Waals surface area contributed by atoms with Gasteiger partial charge < -0.3 is 4.74 Å². The van der Waals surface area contributed by atoms with Gasteiger partial charge in [0.2, 0.25) is 0 Å². The number of carbonyl (C=O) groups is 2. The molecular weight excluding hydrogens is 323 g/mol. The van der Waals surface area contributed by atoms with Crippen LogP contribution in [0.15, 0.2) is 24.3 Å². The highest BCUT2D eigenvalue weighted by Gasteiger charge is 2.07. The van der Waals surface area contributed by atoms with Crippen LogP contribution in [0.1, 0.15) is 17.3 Å². The third kappa shape index (κ3) is 4.05. The Kier molecular flexibility index (Phi) is 5.03. The van der Waals surface area contributed by atoms with Crippen LogP contribution in [-0.4, -0.2) is 18.6 Å². The Morgan fingerprint density at radius 3 is 2.75 bits per heavy atom. The summed E-state index contributed by atoms with van der Waals surface area (Å²) in [4.78, 5) is 22.4. The summed E-state index contributed by atoms with van der Waals surface area (Å²) in [5.74, 6) is -0.383. The lowest BCUT2D eigenvalue weighted by Crippen LogP contribution is -2.41. The molecule has 0 saturated carbocycles. The molecule has 86 valence electrons. The highest BCUT2D eigenvalue weighted by atomic mass is 127. The largest absolute Gasteiger partial charge is 0.449 e. The number of halogens is 1. The number of hydrogen-bond acceptors (Lipinski definition) is 3. The lowest BCUT2D eigenvalue weighted by atomic mass is 10.2. The molecule has 0 aliphatic carbocycles. The molecule has 0 heterocycles. The average Bonchev–Trinajstić information content (AvgIpc) is 2.26. The summed E-state index contributed by atoms with van der Waals surface area (Å²) in [5.41, 5.74) is 4.86. The summed E-state index contributed by atoms with van der Waals surface area (Å²) < 4.78 is 5.53. The molecule has 5 nitrogen and oxygen atoms in total. The minimum Gasteiger partial charge on any atom is -0.449 e. The van der Waals surface area contributed by atoms with Crippen LogP contribution >= 0.6 is 22.6 Å². The number of rotatable bonds is 2. The van der Waals surface area contributed by atoms with Crippen LogP contribution in [0.4, 0.5) is 4.79 Å². The van der Waals surface area contributed by atoms with Crippen molar-refractivity contribution in [1.29, 1.82) is 0 Å². The average molecular weight is 334 g/mol. The molecular formula is C10H11IN2O3. The summed E-state index contributed by atoms with van der Waals surface area (Å²) in [5, 5.41) is 0. The van der Waals surface area contributed by atoms with E-state index in [9.17, 15) is 9.59 Å². The summed E-state index contributed by atoms with van der Waals surface area (Å²) in [6.45, 7) is 1.94. The molecule has 0 saturated heterocycles. The predicted octanol–water partition coefficient (Wildman–Crippen LogP) is 1.68. The Balaban J connectivity index is 2.50. The van der Waals surface area contributed by atoms with Crippen molar-refractivity contribution in [2.75, 3.05) is 6.61 Å². The number of carbonyl (C=O) groups excluding carboxylic acids is 2. The van der Waals surface area contributed by atoms with E-state index in [-0.39, 0.29) is 12.5 Å².